The number of amides is 1. The van der Waals surface area contributed by atoms with Crippen molar-refractivity contribution in [3.63, 3.8) is 0 Å². The Balaban J connectivity index is 0.00000312. The molecule has 140 valence electrons. The molecule has 1 aliphatic rings. The summed E-state index contributed by atoms with van der Waals surface area (Å²) in [5.74, 6) is 0.894. The maximum Gasteiger partial charge on any atom is 0.220 e. The molecule has 0 spiro atoms. The first-order chi connectivity index (χ1) is 11.6. The van der Waals surface area contributed by atoms with Crippen LogP contribution in [0.4, 0.5) is 0 Å². The van der Waals surface area contributed by atoms with Crippen LogP contribution in [0.15, 0.2) is 29.3 Å². The molecular formula is C18H28ClIN4O. The minimum atomic E-state index is 0. The number of carbonyl (C=O) groups excluding carboxylic acids is 1. The molecule has 0 heterocycles. The van der Waals surface area contributed by atoms with Gasteiger partial charge in [-0.05, 0) is 50.8 Å². The number of nitrogens with one attached hydrogen (secondary N) is 3. The molecular weight excluding hydrogens is 451 g/mol. The molecule has 1 saturated carbocycles. The van der Waals surface area contributed by atoms with Crippen LogP contribution < -0.4 is 16.0 Å². The number of rotatable bonds is 8. The summed E-state index contributed by atoms with van der Waals surface area (Å²) in [4.78, 5) is 16.2. The SMILES string of the molecule is CCNC(=NCCCC(=O)NC1CC1)NC(C)c1cccc(Cl)c1.I. The minimum Gasteiger partial charge on any atom is -0.357 e. The maximum atomic E-state index is 11.7. The van der Waals surface area contributed by atoms with Crippen LogP contribution in [-0.4, -0.2) is 31.0 Å². The number of carbonyl (C=O) groups is 1. The maximum absolute atomic E-state index is 11.7. The molecule has 1 atom stereocenters. The summed E-state index contributed by atoms with van der Waals surface area (Å²) in [6.45, 7) is 5.51. The van der Waals surface area contributed by atoms with Crippen molar-refractivity contribution in [2.24, 2.45) is 4.99 Å². The Labute approximate surface area is 172 Å². The van der Waals surface area contributed by atoms with Crippen LogP contribution in [0, 0.1) is 0 Å². The fourth-order valence-corrected chi connectivity index (χ4v) is 2.54. The summed E-state index contributed by atoms with van der Waals surface area (Å²) < 4.78 is 0. The van der Waals surface area contributed by atoms with Crippen molar-refractivity contribution < 1.29 is 4.79 Å². The van der Waals surface area contributed by atoms with Crippen molar-refractivity contribution in [1.82, 2.24) is 16.0 Å². The predicted octanol–water partition coefficient (Wildman–Crippen LogP) is 3.63. The molecule has 1 fully saturated rings. The standard InChI is InChI=1S/C18H27ClN4O.HI/c1-3-20-18(21-11-5-8-17(24)23-16-9-10-16)22-13(2)14-6-4-7-15(19)12-14;/h4,6-7,12-13,16H,3,5,8-11H2,1-2H3,(H,23,24)(H2,20,21,22);1H. The summed E-state index contributed by atoms with van der Waals surface area (Å²) >= 11 is 6.05. The average molecular weight is 479 g/mol. The second-order valence-corrected chi connectivity index (χ2v) is 6.56. The van der Waals surface area contributed by atoms with E-state index in [4.69, 9.17) is 11.6 Å². The van der Waals surface area contributed by atoms with Crippen LogP contribution in [-0.2, 0) is 4.79 Å². The van der Waals surface area contributed by atoms with E-state index in [0.29, 0.717) is 19.0 Å². The normalized spacial score (nSPS) is 15.1. The van der Waals surface area contributed by atoms with E-state index in [0.717, 1.165) is 42.4 Å². The van der Waals surface area contributed by atoms with Gasteiger partial charge in [0.25, 0.3) is 0 Å². The molecule has 1 unspecified atom stereocenters. The van der Waals surface area contributed by atoms with Gasteiger partial charge in [0.15, 0.2) is 5.96 Å². The van der Waals surface area contributed by atoms with E-state index in [1.54, 1.807) is 0 Å². The smallest absolute Gasteiger partial charge is 0.220 e. The molecule has 1 aliphatic carbocycles. The molecule has 0 bridgehead atoms. The van der Waals surface area contributed by atoms with Crippen molar-refractivity contribution in [1.29, 1.82) is 0 Å². The molecule has 25 heavy (non-hydrogen) atoms. The quantitative estimate of drug-likeness (QED) is 0.231. The molecule has 0 aromatic heterocycles. The molecule has 1 aromatic rings. The van der Waals surface area contributed by atoms with Gasteiger partial charge in [-0.1, -0.05) is 23.7 Å². The summed E-state index contributed by atoms with van der Waals surface area (Å²) in [5, 5.41) is 10.3. The van der Waals surface area contributed by atoms with Crippen LogP contribution >= 0.6 is 35.6 Å². The fraction of sp³-hybridized carbons (Fsp3) is 0.556. The molecule has 1 amide bonds. The van der Waals surface area contributed by atoms with Crippen LogP contribution in [0.1, 0.15) is 51.1 Å². The van der Waals surface area contributed by atoms with E-state index >= 15 is 0 Å². The van der Waals surface area contributed by atoms with Gasteiger partial charge in [0.05, 0.1) is 6.04 Å². The van der Waals surface area contributed by atoms with Gasteiger partial charge in [-0.2, -0.15) is 0 Å². The Kier molecular flexibility index (Phi) is 10.2. The van der Waals surface area contributed by atoms with Gasteiger partial charge in [0.1, 0.15) is 0 Å². The first-order valence-electron chi connectivity index (χ1n) is 8.68. The Morgan fingerprint density at radius 3 is 2.80 bits per heavy atom. The van der Waals surface area contributed by atoms with E-state index in [1.807, 2.05) is 31.2 Å². The van der Waals surface area contributed by atoms with Crippen molar-refractivity contribution >= 4 is 47.4 Å². The average Bonchev–Trinajstić information content (AvgIpc) is 3.35. The number of benzene rings is 1. The van der Waals surface area contributed by atoms with Gasteiger partial charge >= 0.3 is 0 Å². The molecule has 1 aromatic carbocycles. The lowest BCUT2D eigenvalue weighted by Crippen LogP contribution is -2.38. The number of halogens is 2. The summed E-state index contributed by atoms with van der Waals surface area (Å²) in [7, 11) is 0. The van der Waals surface area contributed by atoms with Crippen LogP contribution in [0.25, 0.3) is 0 Å². The van der Waals surface area contributed by atoms with Crippen molar-refractivity contribution in [3.05, 3.63) is 34.9 Å². The Morgan fingerprint density at radius 1 is 1.40 bits per heavy atom. The fourth-order valence-electron chi connectivity index (χ4n) is 2.34. The third-order valence-corrected chi connectivity index (χ3v) is 4.06. The zero-order valence-electron chi connectivity index (χ0n) is 14.8. The lowest BCUT2D eigenvalue weighted by molar-refractivity contribution is -0.121. The number of hydrogen-bond donors (Lipinski definition) is 3. The first kappa shape index (κ1) is 22.0. The van der Waals surface area contributed by atoms with Gasteiger partial charge in [-0.15, -0.1) is 24.0 Å². The number of guanidine groups is 1. The lowest BCUT2D eigenvalue weighted by atomic mass is 10.1. The summed E-state index contributed by atoms with van der Waals surface area (Å²) in [6.07, 6.45) is 3.53. The van der Waals surface area contributed by atoms with Crippen molar-refractivity contribution in [3.8, 4) is 0 Å². The Hall–Kier alpha value is -1.02. The van der Waals surface area contributed by atoms with E-state index in [-0.39, 0.29) is 35.9 Å². The second kappa shape index (κ2) is 11.6. The molecule has 0 radical (unpaired) electrons. The van der Waals surface area contributed by atoms with Crippen LogP contribution in [0.5, 0.6) is 0 Å². The third kappa shape index (κ3) is 8.76. The van der Waals surface area contributed by atoms with Crippen LogP contribution in [0.3, 0.4) is 0 Å². The molecule has 0 aliphatic heterocycles. The molecule has 0 saturated heterocycles. The Bertz CT molecular complexity index is 578. The van der Waals surface area contributed by atoms with E-state index < -0.39 is 0 Å². The highest BCUT2D eigenvalue weighted by Gasteiger charge is 2.22. The highest BCUT2D eigenvalue weighted by molar-refractivity contribution is 14.0. The largest absolute Gasteiger partial charge is 0.357 e. The van der Waals surface area contributed by atoms with E-state index in [2.05, 4.69) is 27.9 Å². The minimum absolute atomic E-state index is 0. The van der Waals surface area contributed by atoms with E-state index in [1.165, 1.54) is 0 Å². The summed E-state index contributed by atoms with van der Waals surface area (Å²) in [5.41, 5.74) is 1.11. The highest BCUT2D eigenvalue weighted by Crippen LogP contribution is 2.19. The van der Waals surface area contributed by atoms with Crippen molar-refractivity contribution in [2.45, 2.75) is 51.6 Å². The number of nitrogens with zero attached hydrogens (tertiary/aromatic N) is 1. The molecule has 3 N–H and O–H groups in total. The zero-order valence-corrected chi connectivity index (χ0v) is 17.9. The zero-order chi connectivity index (χ0) is 17.4. The van der Waals surface area contributed by atoms with Crippen LogP contribution in [0.2, 0.25) is 5.02 Å². The third-order valence-electron chi connectivity index (χ3n) is 3.82. The predicted molar refractivity (Wildman–Crippen MR) is 115 cm³/mol. The topological polar surface area (TPSA) is 65.5 Å². The van der Waals surface area contributed by atoms with Crippen molar-refractivity contribution in [2.75, 3.05) is 13.1 Å². The van der Waals surface area contributed by atoms with E-state index in [9.17, 15) is 4.79 Å². The number of aliphatic imine (C=N–C) groups is 1. The molecule has 5 nitrogen and oxygen atoms in total. The number of hydrogen-bond acceptors (Lipinski definition) is 2. The van der Waals surface area contributed by atoms with Gasteiger partial charge in [-0.25, -0.2) is 0 Å². The lowest BCUT2D eigenvalue weighted by Gasteiger charge is -2.18. The summed E-state index contributed by atoms with van der Waals surface area (Å²) in [6, 6.07) is 8.32. The van der Waals surface area contributed by atoms with Gasteiger partial charge in [0.2, 0.25) is 5.91 Å². The van der Waals surface area contributed by atoms with Gasteiger partial charge < -0.3 is 16.0 Å². The molecule has 7 heteroatoms. The molecule has 2 rings (SSSR count). The first-order valence-corrected chi connectivity index (χ1v) is 9.06. The monoisotopic (exact) mass is 478 g/mol. The van der Waals surface area contributed by atoms with Gasteiger partial charge in [-0.3, -0.25) is 9.79 Å². The van der Waals surface area contributed by atoms with Gasteiger partial charge in [0, 0.05) is 30.6 Å². The second-order valence-electron chi connectivity index (χ2n) is 6.13. The Morgan fingerprint density at radius 2 is 2.16 bits per heavy atom. The highest BCUT2D eigenvalue weighted by atomic mass is 127.